The third kappa shape index (κ3) is 10.3. The number of piperidine rings is 1. The average Bonchev–Trinajstić information content (AvgIpc) is 3.45. The minimum Gasteiger partial charge on any atom is -0.389 e. The van der Waals surface area contributed by atoms with Crippen LogP contribution in [0.5, 0.6) is 0 Å². The van der Waals surface area contributed by atoms with E-state index < -0.39 is 6.10 Å². The predicted molar refractivity (Wildman–Crippen MR) is 109 cm³/mol. The maximum atomic E-state index is 10.1. The van der Waals surface area contributed by atoms with Crippen LogP contribution in [-0.4, -0.2) is 86.8 Å². The van der Waals surface area contributed by atoms with Gasteiger partial charge in [0.25, 0.3) is 0 Å². The Labute approximate surface area is 164 Å². The van der Waals surface area contributed by atoms with Crippen LogP contribution in [-0.2, 0) is 9.47 Å². The molecule has 2 aliphatic rings. The number of guanidine groups is 1. The lowest BCUT2D eigenvalue weighted by molar-refractivity contribution is 0.0368. The normalized spacial score (nSPS) is 20.9. The zero-order valence-corrected chi connectivity index (χ0v) is 17.5. The molecule has 7 heteroatoms. The fraction of sp³-hybridized carbons (Fsp3) is 0.950. The van der Waals surface area contributed by atoms with Crippen LogP contribution >= 0.6 is 0 Å². The minimum atomic E-state index is -0.540. The maximum Gasteiger partial charge on any atom is 0.191 e. The van der Waals surface area contributed by atoms with Gasteiger partial charge in [-0.3, -0.25) is 4.99 Å². The van der Waals surface area contributed by atoms with Crippen molar-refractivity contribution in [2.75, 3.05) is 52.5 Å². The monoisotopic (exact) mass is 384 g/mol. The van der Waals surface area contributed by atoms with E-state index in [0.29, 0.717) is 25.3 Å². The van der Waals surface area contributed by atoms with Crippen LogP contribution in [0, 0.1) is 5.92 Å². The minimum absolute atomic E-state index is 0.303. The van der Waals surface area contributed by atoms with Gasteiger partial charge in [0.05, 0.1) is 32.0 Å². The largest absolute Gasteiger partial charge is 0.389 e. The summed E-state index contributed by atoms with van der Waals surface area (Å²) >= 11 is 0. The number of rotatable bonds is 12. The van der Waals surface area contributed by atoms with E-state index in [1.807, 2.05) is 0 Å². The first-order chi connectivity index (χ1) is 13.1. The molecule has 1 aliphatic carbocycles. The molecule has 158 valence electrons. The highest BCUT2D eigenvalue weighted by Crippen LogP contribution is 2.28. The summed E-state index contributed by atoms with van der Waals surface area (Å²) in [6.45, 7) is 12.5. The molecule has 0 aromatic heterocycles. The Kier molecular flexibility index (Phi) is 10.4. The molecule has 0 aromatic carbocycles. The van der Waals surface area contributed by atoms with Gasteiger partial charge in [0.15, 0.2) is 5.96 Å². The van der Waals surface area contributed by atoms with Gasteiger partial charge in [0, 0.05) is 38.8 Å². The van der Waals surface area contributed by atoms with Gasteiger partial charge in [-0.2, -0.15) is 0 Å². The summed E-state index contributed by atoms with van der Waals surface area (Å²) in [6, 6.07) is 0.424. The van der Waals surface area contributed by atoms with Crippen molar-refractivity contribution in [1.82, 2.24) is 15.5 Å². The lowest BCUT2D eigenvalue weighted by atomic mass is 10.1. The lowest BCUT2D eigenvalue weighted by Crippen LogP contribution is -2.49. The molecule has 1 saturated heterocycles. The Hall–Kier alpha value is -0.890. The highest BCUT2D eigenvalue weighted by Gasteiger charge is 2.22. The third-order valence-corrected chi connectivity index (χ3v) is 4.95. The molecule has 27 heavy (non-hydrogen) atoms. The highest BCUT2D eigenvalue weighted by atomic mass is 16.5. The van der Waals surface area contributed by atoms with Gasteiger partial charge in [0.2, 0.25) is 0 Å². The van der Waals surface area contributed by atoms with Crippen LogP contribution in [0.3, 0.4) is 0 Å². The molecule has 7 nitrogen and oxygen atoms in total. The number of aliphatic imine (C=N–C) groups is 1. The van der Waals surface area contributed by atoms with E-state index in [9.17, 15) is 5.11 Å². The van der Waals surface area contributed by atoms with Crippen molar-refractivity contribution in [2.24, 2.45) is 10.9 Å². The predicted octanol–water partition coefficient (Wildman–Crippen LogP) is 1.22. The molecule has 1 aliphatic heterocycles. The molecule has 0 spiro atoms. The average molecular weight is 385 g/mol. The second kappa shape index (κ2) is 12.5. The quantitative estimate of drug-likeness (QED) is 0.347. The fourth-order valence-electron chi connectivity index (χ4n) is 3.14. The number of hydrogen-bond donors (Lipinski definition) is 3. The summed E-state index contributed by atoms with van der Waals surface area (Å²) in [4.78, 5) is 7.00. The summed E-state index contributed by atoms with van der Waals surface area (Å²) in [6.07, 6.45) is 4.50. The molecular formula is C20H40N4O3. The summed E-state index contributed by atoms with van der Waals surface area (Å²) in [5.74, 6) is 1.52. The zero-order chi connectivity index (χ0) is 19.5. The molecule has 0 bridgehead atoms. The second-order valence-electron chi connectivity index (χ2n) is 8.03. The number of aliphatic hydroxyl groups excluding tert-OH is 1. The lowest BCUT2D eigenvalue weighted by Gasteiger charge is -2.33. The van der Waals surface area contributed by atoms with E-state index in [1.165, 1.54) is 12.8 Å². The summed E-state index contributed by atoms with van der Waals surface area (Å²) in [7, 11) is 0. The highest BCUT2D eigenvalue weighted by molar-refractivity contribution is 5.80. The molecule has 0 aromatic rings. The van der Waals surface area contributed by atoms with Crippen LogP contribution in [0.2, 0.25) is 0 Å². The molecule has 3 N–H and O–H groups in total. The molecule has 1 saturated carbocycles. The van der Waals surface area contributed by atoms with Crippen molar-refractivity contribution >= 4 is 5.96 Å². The number of hydrogen-bond acceptors (Lipinski definition) is 5. The van der Waals surface area contributed by atoms with Crippen LogP contribution < -0.4 is 10.6 Å². The van der Waals surface area contributed by atoms with Crippen LogP contribution in [0.25, 0.3) is 0 Å². The van der Waals surface area contributed by atoms with Gasteiger partial charge < -0.3 is 30.1 Å². The van der Waals surface area contributed by atoms with E-state index in [1.54, 1.807) is 0 Å². The Bertz CT molecular complexity index is 421. The summed E-state index contributed by atoms with van der Waals surface area (Å²) in [5, 5.41) is 16.9. The van der Waals surface area contributed by atoms with Crippen molar-refractivity contribution in [3.8, 4) is 0 Å². The first kappa shape index (κ1) is 22.4. The van der Waals surface area contributed by atoms with Gasteiger partial charge in [-0.1, -0.05) is 0 Å². The van der Waals surface area contributed by atoms with E-state index in [2.05, 4.69) is 41.3 Å². The topological polar surface area (TPSA) is 78.4 Å². The SMILES string of the molecule is CCNC(=NCC(O)COCC1CC1)NC1CCN(CCOC(C)C)CC1. The number of likely N-dealkylation sites (tertiary alicyclic amines) is 1. The van der Waals surface area contributed by atoms with Gasteiger partial charge in [0.1, 0.15) is 0 Å². The molecular weight excluding hydrogens is 344 g/mol. The standard InChI is InChI=1S/C20H40N4O3/c1-4-21-20(22-13-19(25)15-26-14-17-5-6-17)23-18-7-9-24(10-8-18)11-12-27-16(2)3/h16-19,25H,4-15H2,1-3H3,(H2,21,22,23). The number of ether oxygens (including phenoxy) is 2. The maximum absolute atomic E-state index is 10.1. The number of nitrogens with one attached hydrogen (secondary N) is 2. The Balaban J connectivity index is 1.63. The molecule has 2 rings (SSSR count). The van der Waals surface area contributed by atoms with Crippen LogP contribution in [0.1, 0.15) is 46.5 Å². The van der Waals surface area contributed by atoms with E-state index in [0.717, 1.165) is 64.1 Å². The number of nitrogens with zero attached hydrogens (tertiary/aromatic N) is 2. The van der Waals surface area contributed by atoms with Gasteiger partial charge in [-0.15, -0.1) is 0 Å². The fourth-order valence-corrected chi connectivity index (χ4v) is 3.14. The molecule has 1 atom stereocenters. The van der Waals surface area contributed by atoms with Crippen molar-refractivity contribution < 1.29 is 14.6 Å². The van der Waals surface area contributed by atoms with Crippen LogP contribution in [0.4, 0.5) is 0 Å². The first-order valence-electron chi connectivity index (χ1n) is 10.7. The zero-order valence-electron chi connectivity index (χ0n) is 17.5. The molecule has 1 unspecified atom stereocenters. The Morgan fingerprint density at radius 1 is 1.22 bits per heavy atom. The van der Waals surface area contributed by atoms with E-state index in [-0.39, 0.29) is 0 Å². The third-order valence-electron chi connectivity index (χ3n) is 4.95. The van der Waals surface area contributed by atoms with Gasteiger partial charge >= 0.3 is 0 Å². The molecule has 1 heterocycles. The molecule has 0 amide bonds. The van der Waals surface area contributed by atoms with Crippen molar-refractivity contribution in [3.63, 3.8) is 0 Å². The Morgan fingerprint density at radius 3 is 2.59 bits per heavy atom. The van der Waals surface area contributed by atoms with Crippen LogP contribution in [0.15, 0.2) is 4.99 Å². The Morgan fingerprint density at radius 2 is 1.96 bits per heavy atom. The van der Waals surface area contributed by atoms with Crippen molar-refractivity contribution in [1.29, 1.82) is 0 Å². The van der Waals surface area contributed by atoms with Crippen molar-refractivity contribution in [3.05, 3.63) is 0 Å². The second-order valence-corrected chi connectivity index (χ2v) is 8.03. The molecule has 0 radical (unpaired) electrons. The summed E-state index contributed by atoms with van der Waals surface area (Å²) in [5.41, 5.74) is 0. The van der Waals surface area contributed by atoms with E-state index in [4.69, 9.17) is 9.47 Å². The smallest absolute Gasteiger partial charge is 0.191 e. The van der Waals surface area contributed by atoms with Gasteiger partial charge in [-0.05, 0) is 52.4 Å². The van der Waals surface area contributed by atoms with Crippen molar-refractivity contribution in [2.45, 2.75) is 64.7 Å². The summed E-state index contributed by atoms with van der Waals surface area (Å²) < 4.78 is 11.2. The van der Waals surface area contributed by atoms with Gasteiger partial charge in [-0.25, -0.2) is 0 Å². The van der Waals surface area contributed by atoms with E-state index >= 15 is 0 Å². The molecule has 2 fully saturated rings. The number of aliphatic hydroxyl groups is 1. The first-order valence-corrected chi connectivity index (χ1v) is 10.7.